The van der Waals surface area contributed by atoms with E-state index in [0.717, 1.165) is 44.9 Å². The van der Waals surface area contributed by atoms with Gasteiger partial charge in [0.15, 0.2) is 0 Å². The highest BCUT2D eigenvalue weighted by molar-refractivity contribution is 5.77. The van der Waals surface area contributed by atoms with E-state index in [1.807, 2.05) is 0 Å². The number of aliphatic hydroxyl groups excluding tert-OH is 2. The lowest BCUT2D eigenvalue weighted by molar-refractivity contribution is -0.218. The standard InChI is InChI=1S/C30H48O4/c1-25(2)14-15-30(24(33)34)19(16-25)18-8-9-21-27(5)12-11-22(31)26(3,4)20(27)10-13-28(21,6)29(18,7)17-23(30)32/h8,19-23,31-32H,9-17H2,1-7H3,(H,33,34)/t19-,20?,21-,22+,23-,27+,28-,29-,30-/m1/s1. The second-order valence-corrected chi connectivity index (χ2v) is 15.2. The Morgan fingerprint density at radius 1 is 0.853 bits per heavy atom. The number of carboxylic acids is 1. The molecule has 9 atom stereocenters. The summed E-state index contributed by atoms with van der Waals surface area (Å²) in [6.07, 6.45) is 9.35. The fraction of sp³-hybridized carbons (Fsp3) is 0.900. The zero-order valence-electron chi connectivity index (χ0n) is 22.6. The van der Waals surface area contributed by atoms with Crippen LogP contribution in [-0.2, 0) is 4.79 Å². The van der Waals surface area contributed by atoms with Crippen molar-refractivity contribution in [2.24, 2.45) is 50.2 Å². The molecule has 1 unspecified atom stereocenters. The molecule has 0 saturated heterocycles. The van der Waals surface area contributed by atoms with Gasteiger partial charge in [-0.1, -0.05) is 60.1 Å². The Labute approximate surface area is 206 Å². The number of aliphatic hydroxyl groups is 2. The first kappa shape index (κ1) is 24.8. The van der Waals surface area contributed by atoms with Gasteiger partial charge in [0, 0.05) is 0 Å². The van der Waals surface area contributed by atoms with Gasteiger partial charge in [0.2, 0.25) is 0 Å². The largest absolute Gasteiger partial charge is 0.481 e. The van der Waals surface area contributed by atoms with Gasteiger partial charge in [-0.05, 0) is 103 Å². The van der Waals surface area contributed by atoms with Crippen molar-refractivity contribution in [3.05, 3.63) is 11.6 Å². The van der Waals surface area contributed by atoms with Crippen LogP contribution >= 0.6 is 0 Å². The van der Waals surface area contributed by atoms with Crippen molar-refractivity contribution in [3.8, 4) is 0 Å². The summed E-state index contributed by atoms with van der Waals surface area (Å²) in [7, 11) is 0. The number of carbonyl (C=O) groups is 1. The van der Waals surface area contributed by atoms with E-state index in [-0.39, 0.29) is 39.1 Å². The van der Waals surface area contributed by atoms with Crippen LogP contribution in [0, 0.1) is 50.2 Å². The molecule has 0 aliphatic heterocycles. The van der Waals surface area contributed by atoms with Crippen LogP contribution in [0.3, 0.4) is 0 Å². The summed E-state index contributed by atoms with van der Waals surface area (Å²) in [5, 5.41) is 33.1. The predicted octanol–water partition coefficient (Wildman–Crippen LogP) is 6.20. The van der Waals surface area contributed by atoms with E-state index in [4.69, 9.17) is 0 Å². The first-order chi connectivity index (χ1) is 15.6. The highest BCUT2D eigenvalue weighted by atomic mass is 16.4. The molecule has 4 saturated carbocycles. The van der Waals surface area contributed by atoms with Crippen molar-refractivity contribution in [1.29, 1.82) is 0 Å². The smallest absolute Gasteiger partial charge is 0.312 e. The zero-order valence-corrected chi connectivity index (χ0v) is 22.6. The highest BCUT2D eigenvalue weighted by Crippen LogP contribution is 2.75. The first-order valence-electron chi connectivity index (χ1n) is 13.9. The molecule has 4 heteroatoms. The summed E-state index contributed by atoms with van der Waals surface area (Å²) in [5.41, 5.74) is 0.295. The maximum absolute atomic E-state index is 12.8. The summed E-state index contributed by atoms with van der Waals surface area (Å²) in [6, 6.07) is 0. The normalized spacial score (nSPS) is 53.4. The summed E-state index contributed by atoms with van der Waals surface area (Å²) < 4.78 is 0. The average molecular weight is 473 g/mol. The molecule has 4 fully saturated rings. The molecule has 0 amide bonds. The van der Waals surface area contributed by atoms with Gasteiger partial charge in [-0.15, -0.1) is 0 Å². The lowest BCUT2D eigenvalue weighted by atomic mass is 9.33. The minimum absolute atomic E-state index is 0.0218. The van der Waals surface area contributed by atoms with Crippen LogP contribution in [0.2, 0.25) is 0 Å². The minimum atomic E-state index is -1.04. The van der Waals surface area contributed by atoms with E-state index in [1.54, 1.807) is 0 Å². The van der Waals surface area contributed by atoms with Gasteiger partial charge in [0.25, 0.3) is 0 Å². The fourth-order valence-electron chi connectivity index (χ4n) is 10.7. The number of carboxylic acid groups (broad SMARTS) is 1. The van der Waals surface area contributed by atoms with Crippen molar-refractivity contribution >= 4 is 5.97 Å². The zero-order chi connectivity index (χ0) is 25.1. The molecule has 0 bridgehead atoms. The van der Waals surface area contributed by atoms with Gasteiger partial charge in [0.1, 0.15) is 5.41 Å². The molecule has 192 valence electrons. The molecule has 0 aromatic carbocycles. The maximum atomic E-state index is 12.8. The molecule has 0 radical (unpaired) electrons. The van der Waals surface area contributed by atoms with Gasteiger partial charge in [-0.3, -0.25) is 4.79 Å². The van der Waals surface area contributed by atoms with Crippen LogP contribution in [-0.4, -0.2) is 33.5 Å². The summed E-state index contributed by atoms with van der Waals surface area (Å²) >= 11 is 0. The molecule has 34 heavy (non-hydrogen) atoms. The minimum Gasteiger partial charge on any atom is -0.481 e. The summed E-state index contributed by atoms with van der Waals surface area (Å²) in [4.78, 5) is 12.8. The van der Waals surface area contributed by atoms with Crippen molar-refractivity contribution in [2.45, 2.75) is 118 Å². The summed E-state index contributed by atoms with van der Waals surface area (Å²) in [5.74, 6) is 0.0888. The Bertz CT molecular complexity index is 919. The first-order valence-corrected chi connectivity index (χ1v) is 13.9. The molecule has 4 nitrogen and oxygen atoms in total. The third-order valence-electron chi connectivity index (χ3n) is 13.1. The van der Waals surface area contributed by atoms with E-state index in [2.05, 4.69) is 54.5 Å². The molecule has 0 spiro atoms. The SMILES string of the molecule is CC1(C)CC[C@]2(C(=O)O)[C@H](O)C[C@]3(C)C(=CC[C@@H]4[C@@]5(C)CC[C@H](O)C(C)(C)C5CC[C@]43C)[C@H]2C1. The van der Waals surface area contributed by atoms with E-state index < -0.39 is 17.5 Å². The van der Waals surface area contributed by atoms with E-state index in [1.165, 1.54) is 5.57 Å². The number of hydrogen-bond acceptors (Lipinski definition) is 3. The predicted molar refractivity (Wildman–Crippen MR) is 134 cm³/mol. The average Bonchev–Trinajstić information content (AvgIpc) is 2.71. The Morgan fingerprint density at radius 2 is 1.53 bits per heavy atom. The Hall–Kier alpha value is -0.870. The molecule has 0 heterocycles. The second-order valence-electron chi connectivity index (χ2n) is 15.2. The molecule has 5 aliphatic rings. The van der Waals surface area contributed by atoms with E-state index >= 15 is 0 Å². The molecule has 5 aliphatic carbocycles. The number of fused-ring (bicyclic) bond motifs is 7. The molecule has 5 rings (SSSR count). The van der Waals surface area contributed by atoms with Crippen LogP contribution in [0.5, 0.6) is 0 Å². The van der Waals surface area contributed by atoms with Crippen molar-refractivity contribution < 1.29 is 20.1 Å². The number of rotatable bonds is 1. The lowest BCUT2D eigenvalue weighted by Crippen LogP contribution is -2.67. The summed E-state index contributed by atoms with van der Waals surface area (Å²) in [6.45, 7) is 16.4. The van der Waals surface area contributed by atoms with Crippen molar-refractivity contribution in [1.82, 2.24) is 0 Å². The number of aliphatic carboxylic acids is 1. The maximum Gasteiger partial charge on any atom is 0.312 e. The van der Waals surface area contributed by atoms with Gasteiger partial charge in [-0.2, -0.15) is 0 Å². The molecular formula is C30H48O4. The molecule has 0 aromatic heterocycles. The van der Waals surface area contributed by atoms with Crippen LogP contribution in [0.1, 0.15) is 106 Å². The van der Waals surface area contributed by atoms with Crippen molar-refractivity contribution in [2.75, 3.05) is 0 Å². The van der Waals surface area contributed by atoms with E-state index in [9.17, 15) is 20.1 Å². The lowest BCUT2D eigenvalue weighted by Gasteiger charge is -2.71. The van der Waals surface area contributed by atoms with E-state index in [0.29, 0.717) is 24.7 Å². The van der Waals surface area contributed by atoms with Crippen LogP contribution in [0.25, 0.3) is 0 Å². The molecule has 3 N–H and O–H groups in total. The quantitative estimate of drug-likeness (QED) is 0.397. The van der Waals surface area contributed by atoms with Gasteiger partial charge in [-0.25, -0.2) is 0 Å². The number of allylic oxidation sites excluding steroid dienone is 2. The van der Waals surface area contributed by atoms with Gasteiger partial charge < -0.3 is 15.3 Å². The Kier molecular flexibility index (Phi) is 5.20. The fourth-order valence-corrected chi connectivity index (χ4v) is 10.7. The number of hydrogen-bond donors (Lipinski definition) is 3. The molecule has 0 aromatic rings. The van der Waals surface area contributed by atoms with Crippen LogP contribution in [0.15, 0.2) is 11.6 Å². The van der Waals surface area contributed by atoms with Crippen LogP contribution < -0.4 is 0 Å². The van der Waals surface area contributed by atoms with Crippen LogP contribution in [0.4, 0.5) is 0 Å². The monoisotopic (exact) mass is 472 g/mol. The Morgan fingerprint density at radius 3 is 2.18 bits per heavy atom. The second kappa shape index (κ2) is 7.12. The van der Waals surface area contributed by atoms with Gasteiger partial charge >= 0.3 is 5.97 Å². The van der Waals surface area contributed by atoms with Gasteiger partial charge in [0.05, 0.1) is 12.2 Å². The third kappa shape index (κ3) is 2.82. The Balaban J connectivity index is 1.63. The third-order valence-corrected chi connectivity index (χ3v) is 13.1. The van der Waals surface area contributed by atoms with Crippen molar-refractivity contribution in [3.63, 3.8) is 0 Å². The molecular weight excluding hydrogens is 424 g/mol. The highest BCUT2D eigenvalue weighted by Gasteiger charge is 2.71. The topological polar surface area (TPSA) is 77.8 Å².